The molecular weight excluding hydrogens is 329 g/mol. The summed E-state index contributed by atoms with van der Waals surface area (Å²) in [6, 6.07) is 8.36. The molecule has 0 spiro atoms. The Balaban J connectivity index is 0.00000220. The van der Waals surface area contributed by atoms with Gasteiger partial charge in [-0.25, -0.2) is 4.39 Å². The van der Waals surface area contributed by atoms with Gasteiger partial charge in [-0.15, -0.1) is 12.4 Å². The molecule has 0 amide bonds. The molecular formula is C14H11Cl2F4N. The van der Waals surface area contributed by atoms with Crippen LogP contribution < -0.4 is 5.73 Å². The summed E-state index contributed by atoms with van der Waals surface area (Å²) in [7, 11) is 0. The van der Waals surface area contributed by atoms with Crippen molar-refractivity contribution in [1.82, 2.24) is 0 Å². The van der Waals surface area contributed by atoms with Crippen molar-refractivity contribution >= 4 is 24.0 Å². The third-order valence-corrected chi connectivity index (χ3v) is 3.14. The zero-order valence-corrected chi connectivity index (χ0v) is 12.1. The Bertz CT molecular complexity index is 611. The molecule has 0 heterocycles. The highest BCUT2D eigenvalue weighted by atomic mass is 35.5. The van der Waals surface area contributed by atoms with Gasteiger partial charge in [0.15, 0.2) is 0 Å². The van der Waals surface area contributed by atoms with Crippen molar-refractivity contribution in [2.45, 2.75) is 12.2 Å². The Morgan fingerprint density at radius 2 is 1.48 bits per heavy atom. The molecule has 0 radical (unpaired) electrons. The molecule has 0 fully saturated rings. The highest BCUT2D eigenvalue weighted by molar-refractivity contribution is 6.30. The number of hydrogen-bond donors (Lipinski definition) is 1. The van der Waals surface area contributed by atoms with E-state index in [0.717, 1.165) is 12.1 Å². The molecule has 1 atom stereocenters. The third kappa shape index (κ3) is 4.09. The van der Waals surface area contributed by atoms with Gasteiger partial charge in [0.1, 0.15) is 5.82 Å². The summed E-state index contributed by atoms with van der Waals surface area (Å²) in [4.78, 5) is 0. The van der Waals surface area contributed by atoms with Gasteiger partial charge in [0, 0.05) is 5.02 Å². The summed E-state index contributed by atoms with van der Waals surface area (Å²) >= 11 is 5.73. The minimum atomic E-state index is -4.75. The number of alkyl halides is 3. The molecule has 0 aliphatic heterocycles. The average molecular weight is 340 g/mol. The van der Waals surface area contributed by atoms with Crippen LogP contribution in [0.15, 0.2) is 42.5 Å². The molecule has 0 bridgehead atoms. The topological polar surface area (TPSA) is 26.0 Å². The van der Waals surface area contributed by atoms with Crippen LogP contribution >= 0.6 is 24.0 Å². The molecule has 0 saturated carbocycles. The molecule has 1 nitrogen and oxygen atoms in total. The Kier molecular flexibility index (Phi) is 5.61. The largest absolute Gasteiger partial charge is 0.419 e. The van der Waals surface area contributed by atoms with E-state index in [1.807, 2.05) is 0 Å². The van der Waals surface area contributed by atoms with Crippen molar-refractivity contribution in [3.8, 4) is 0 Å². The fraction of sp³-hybridized carbons (Fsp3) is 0.143. The maximum atomic E-state index is 13.2. The summed E-state index contributed by atoms with van der Waals surface area (Å²) in [5, 5.41) is 0.496. The molecule has 0 aliphatic rings. The predicted molar refractivity (Wildman–Crippen MR) is 76.1 cm³/mol. The Labute approximate surface area is 130 Å². The SMILES string of the molecule is Cl.NC(c1ccc(Cl)cc1)c1ccc(F)c(C(F)(F)F)c1. The van der Waals surface area contributed by atoms with Gasteiger partial charge in [0.2, 0.25) is 0 Å². The van der Waals surface area contributed by atoms with E-state index >= 15 is 0 Å². The first-order chi connectivity index (χ1) is 9.29. The maximum absolute atomic E-state index is 13.2. The van der Waals surface area contributed by atoms with Gasteiger partial charge in [-0.05, 0) is 35.4 Å². The highest BCUT2D eigenvalue weighted by Gasteiger charge is 2.34. The molecule has 0 aliphatic carbocycles. The predicted octanol–water partition coefficient (Wildman–Crippen LogP) is 4.97. The van der Waals surface area contributed by atoms with Gasteiger partial charge in [-0.1, -0.05) is 29.8 Å². The number of halogens is 6. The first-order valence-electron chi connectivity index (χ1n) is 5.66. The van der Waals surface area contributed by atoms with Crippen LogP contribution in [0.5, 0.6) is 0 Å². The molecule has 2 aromatic carbocycles. The maximum Gasteiger partial charge on any atom is 0.419 e. The average Bonchev–Trinajstić information content (AvgIpc) is 2.38. The van der Waals surface area contributed by atoms with E-state index in [2.05, 4.69) is 0 Å². The normalized spacial score (nSPS) is 12.7. The Morgan fingerprint density at radius 3 is 2.00 bits per heavy atom. The van der Waals surface area contributed by atoms with Crippen LogP contribution in [0.2, 0.25) is 5.02 Å². The molecule has 2 N–H and O–H groups in total. The summed E-state index contributed by atoms with van der Waals surface area (Å²) in [5.41, 5.74) is 5.35. The number of rotatable bonds is 2. The van der Waals surface area contributed by atoms with Gasteiger partial charge >= 0.3 is 6.18 Å². The van der Waals surface area contributed by atoms with Crippen LogP contribution in [0.1, 0.15) is 22.7 Å². The van der Waals surface area contributed by atoms with E-state index in [4.69, 9.17) is 17.3 Å². The van der Waals surface area contributed by atoms with Crippen LogP contribution in [0, 0.1) is 5.82 Å². The van der Waals surface area contributed by atoms with Crippen LogP contribution in [0.3, 0.4) is 0 Å². The second-order valence-corrected chi connectivity index (χ2v) is 4.70. The van der Waals surface area contributed by atoms with Crippen LogP contribution in [0.4, 0.5) is 17.6 Å². The third-order valence-electron chi connectivity index (χ3n) is 2.88. The van der Waals surface area contributed by atoms with E-state index in [-0.39, 0.29) is 18.0 Å². The lowest BCUT2D eigenvalue weighted by Gasteiger charge is -2.15. The zero-order valence-electron chi connectivity index (χ0n) is 10.5. The molecule has 114 valence electrons. The van der Waals surface area contributed by atoms with Crippen LogP contribution in [-0.4, -0.2) is 0 Å². The minimum Gasteiger partial charge on any atom is -0.320 e. The highest BCUT2D eigenvalue weighted by Crippen LogP contribution is 2.33. The molecule has 2 aromatic rings. The summed E-state index contributed by atoms with van der Waals surface area (Å²) in [6.07, 6.45) is -4.75. The second kappa shape index (κ2) is 6.64. The lowest BCUT2D eigenvalue weighted by atomic mass is 9.97. The van der Waals surface area contributed by atoms with Gasteiger partial charge in [-0.3, -0.25) is 0 Å². The quantitative estimate of drug-likeness (QED) is 0.768. The van der Waals surface area contributed by atoms with Crippen LogP contribution in [-0.2, 0) is 6.18 Å². The first kappa shape index (κ1) is 17.8. The zero-order chi connectivity index (χ0) is 14.9. The van der Waals surface area contributed by atoms with E-state index in [1.165, 1.54) is 6.07 Å². The van der Waals surface area contributed by atoms with Crippen molar-refractivity contribution < 1.29 is 17.6 Å². The van der Waals surface area contributed by atoms with Gasteiger partial charge in [0.05, 0.1) is 11.6 Å². The second-order valence-electron chi connectivity index (χ2n) is 4.27. The van der Waals surface area contributed by atoms with Crippen LogP contribution in [0.25, 0.3) is 0 Å². The van der Waals surface area contributed by atoms with E-state index in [0.29, 0.717) is 10.6 Å². The monoisotopic (exact) mass is 339 g/mol. The van der Waals surface area contributed by atoms with Crippen molar-refractivity contribution in [1.29, 1.82) is 0 Å². The smallest absolute Gasteiger partial charge is 0.320 e. The molecule has 2 rings (SSSR count). The Morgan fingerprint density at radius 1 is 0.952 bits per heavy atom. The summed E-state index contributed by atoms with van der Waals surface area (Å²) < 4.78 is 51.2. The van der Waals surface area contributed by atoms with Gasteiger partial charge < -0.3 is 5.73 Å². The molecule has 0 aromatic heterocycles. The molecule has 1 unspecified atom stereocenters. The van der Waals surface area contributed by atoms with E-state index in [1.54, 1.807) is 24.3 Å². The fourth-order valence-corrected chi connectivity index (χ4v) is 1.94. The molecule has 7 heteroatoms. The minimum absolute atomic E-state index is 0. The molecule has 0 saturated heterocycles. The van der Waals surface area contributed by atoms with E-state index < -0.39 is 23.6 Å². The standard InChI is InChI=1S/C14H10ClF4N.ClH/c15-10-4-1-8(2-5-10)13(20)9-3-6-12(16)11(7-9)14(17,18)19;/h1-7,13H,20H2;1H. The van der Waals surface area contributed by atoms with Gasteiger partial charge in [0.25, 0.3) is 0 Å². The lowest BCUT2D eigenvalue weighted by molar-refractivity contribution is -0.140. The molecule has 21 heavy (non-hydrogen) atoms. The number of hydrogen-bond acceptors (Lipinski definition) is 1. The fourth-order valence-electron chi connectivity index (χ4n) is 1.82. The Hall–Kier alpha value is -1.30. The van der Waals surface area contributed by atoms with Crippen molar-refractivity contribution in [2.24, 2.45) is 5.73 Å². The summed E-state index contributed by atoms with van der Waals surface area (Å²) in [6.45, 7) is 0. The van der Waals surface area contributed by atoms with Crippen molar-refractivity contribution in [3.05, 3.63) is 70.0 Å². The summed E-state index contributed by atoms with van der Waals surface area (Å²) in [5.74, 6) is -1.32. The van der Waals surface area contributed by atoms with E-state index in [9.17, 15) is 17.6 Å². The number of nitrogens with two attached hydrogens (primary N) is 1. The first-order valence-corrected chi connectivity index (χ1v) is 6.04. The van der Waals surface area contributed by atoms with Gasteiger partial charge in [-0.2, -0.15) is 13.2 Å². The van der Waals surface area contributed by atoms with Crippen molar-refractivity contribution in [3.63, 3.8) is 0 Å². The van der Waals surface area contributed by atoms with Crippen molar-refractivity contribution in [2.75, 3.05) is 0 Å². The number of benzene rings is 2. The lowest BCUT2D eigenvalue weighted by Crippen LogP contribution is -2.15.